The van der Waals surface area contributed by atoms with E-state index in [2.05, 4.69) is 4.98 Å². The highest BCUT2D eigenvalue weighted by molar-refractivity contribution is 7.90. The maximum Gasteiger partial charge on any atom is 0.175 e. The van der Waals surface area contributed by atoms with Crippen molar-refractivity contribution in [1.29, 1.82) is 0 Å². The van der Waals surface area contributed by atoms with Crippen LogP contribution in [-0.4, -0.2) is 28.4 Å². The fourth-order valence-electron chi connectivity index (χ4n) is 2.93. The number of hydrogen-bond acceptors (Lipinski definition) is 3. The molecule has 0 bridgehead atoms. The highest BCUT2D eigenvalue weighted by atomic mass is 32.2. The van der Waals surface area contributed by atoms with Crippen LogP contribution in [0.2, 0.25) is 0 Å². The Morgan fingerprint density at radius 1 is 1.08 bits per heavy atom. The van der Waals surface area contributed by atoms with Gasteiger partial charge in [-0.2, -0.15) is 0 Å². The first-order valence-corrected chi connectivity index (χ1v) is 10.9. The molecule has 0 radical (unpaired) electrons. The van der Waals surface area contributed by atoms with Gasteiger partial charge in [-0.3, -0.25) is 0 Å². The zero-order valence-corrected chi connectivity index (χ0v) is 15.6. The average Bonchev–Trinajstić information content (AvgIpc) is 2.83. The van der Waals surface area contributed by atoms with Gasteiger partial charge in [-0.25, -0.2) is 12.6 Å². The largest absolute Gasteiger partial charge is 0.358 e. The van der Waals surface area contributed by atoms with Gasteiger partial charge in [0.25, 0.3) is 0 Å². The first-order valence-electron chi connectivity index (χ1n) is 7.70. The smallest absolute Gasteiger partial charge is 0.175 e. The third kappa shape index (κ3) is 4.00. The lowest BCUT2D eigenvalue weighted by atomic mass is 10.0. The summed E-state index contributed by atoms with van der Waals surface area (Å²) >= 11 is -1.84. The summed E-state index contributed by atoms with van der Waals surface area (Å²) in [5.74, 6) is 0.126. The molecule has 0 spiro atoms. The van der Waals surface area contributed by atoms with Crippen molar-refractivity contribution in [3.8, 4) is 0 Å². The maximum atomic E-state index is 11.7. The molecule has 132 valence electrons. The van der Waals surface area contributed by atoms with Crippen LogP contribution in [0.5, 0.6) is 0 Å². The van der Waals surface area contributed by atoms with Crippen molar-refractivity contribution in [2.75, 3.05) is 6.26 Å². The van der Waals surface area contributed by atoms with Crippen LogP contribution in [0.4, 0.5) is 0 Å². The Balaban J connectivity index is 1.93. The molecule has 0 aliphatic rings. The molecule has 1 aromatic heterocycles. The van der Waals surface area contributed by atoms with Gasteiger partial charge in [0, 0.05) is 22.9 Å². The van der Waals surface area contributed by atoms with Gasteiger partial charge in [-0.05, 0) is 42.2 Å². The van der Waals surface area contributed by atoms with Gasteiger partial charge in [0.05, 0.1) is 10.6 Å². The van der Waals surface area contributed by atoms with E-state index in [1.54, 1.807) is 12.1 Å². The van der Waals surface area contributed by atoms with Gasteiger partial charge in [0.15, 0.2) is 20.9 Å². The van der Waals surface area contributed by atoms with Crippen LogP contribution in [0.3, 0.4) is 0 Å². The van der Waals surface area contributed by atoms with Crippen molar-refractivity contribution in [1.82, 2.24) is 4.98 Å². The SMILES string of the molecule is Cc1[nH]c2cc(S(C)(=O)=O)ccc2c1Cc1ccc(CS(=O)O)cc1. The number of nitrogens with one attached hydrogen (secondary N) is 1. The van der Waals surface area contributed by atoms with Gasteiger partial charge < -0.3 is 9.54 Å². The summed E-state index contributed by atoms with van der Waals surface area (Å²) in [6.45, 7) is 1.97. The van der Waals surface area contributed by atoms with Crippen molar-refractivity contribution in [2.24, 2.45) is 0 Å². The molecule has 25 heavy (non-hydrogen) atoms. The van der Waals surface area contributed by atoms with E-state index in [0.717, 1.165) is 33.3 Å². The molecule has 1 unspecified atom stereocenters. The van der Waals surface area contributed by atoms with Crippen molar-refractivity contribution in [2.45, 2.75) is 24.0 Å². The number of hydrogen-bond donors (Lipinski definition) is 2. The van der Waals surface area contributed by atoms with E-state index in [4.69, 9.17) is 4.55 Å². The first kappa shape index (κ1) is 17.8. The molecule has 3 rings (SSSR count). The third-order valence-corrected chi connectivity index (χ3v) is 5.90. The molecule has 3 aromatic rings. The lowest BCUT2D eigenvalue weighted by Gasteiger charge is -2.05. The number of rotatable bonds is 5. The van der Waals surface area contributed by atoms with Gasteiger partial charge in [-0.15, -0.1) is 0 Å². The molecule has 0 aliphatic heterocycles. The van der Waals surface area contributed by atoms with Gasteiger partial charge in [0.1, 0.15) is 0 Å². The molecule has 1 heterocycles. The monoisotopic (exact) mass is 377 g/mol. The number of aromatic nitrogens is 1. The Morgan fingerprint density at radius 2 is 1.72 bits per heavy atom. The third-order valence-electron chi connectivity index (χ3n) is 4.21. The van der Waals surface area contributed by atoms with Crippen molar-refractivity contribution >= 4 is 31.8 Å². The number of sulfone groups is 1. The summed E-state index contributed by atoms with van der Waals surface area (Å²) < 4.78 is 43.2. The Kier molecular flexibility index (Phi) is 4.81. The minimum Gasteiger partial charge on any atom is -0.358 e. The van der Waals surface area contributed by atoms with Gasteiger partial charge in [0.2, 0.25) is 0 Å². The average molecular weight is 377 g/mol. The maximum absolute atomic E-state index is 11.7. The summed E-state index contributed by atoms with van der Waals surface area (Å²) in [4.78, 5) is 3.56. The Morgan fingerprint density at radius 3 is 2.32 bits per heavy atom. The fourth-order valence-corrected chi connectivity index (χ4v) is 4.05. The summed E-state index contributed by atoms with van der Waals surface area (Å²) in [5.41, 5.74) is 4.83. The number of benzene rings is 2. The molecule has 0 fully saturated rings. The Bertz CT molecular complexity index is 1050. The van der Waals surface area contributed by atoms with Gasteiger partial charge >= 0.3 is 0 Å². The molecule has 0 saturated heterocycles. The summed E-state index contributed by atoms with van der Waals surface area (Å²) in [6.07, 6.45) is 1.90. The quantitative estimate of drug-likeness (QED) is 0.669. The van der Waals surface area contributed by atoms with E-state index < -0.39 is 20.9 Å². The molecule has 1 atom stereocenters. The van der Waals surface area contributed by atoms with Crippen LogP contribution >= 0.6 is 0 Å². The number of H-pyrrole nitrogens is 1. The van der Waals surface area contributed by atoms with E-state index in [9.17, 15) is 12.6 Å². The van der Waals surface area contributed by atoms with E-state index in [1.807, 2.05) is 37.3 Å². The Hall–Kier alpha value is -1.96. The van der Waals surface area contributed by atoms with Gasteiger partial charge in [-0.1, -0.05) is 30.3 Å². The summed E-state index contributed by atoms with van der Waals surface area (Å²) in [5, 5.41) is 1.01. The molecule has 2 aromatic carbocycles. The van der Waals surface area contributed by atoms with Crippen LogP contribution in [0.1, 0.15) is 22.4 Å². The minimum absolute atomic E-state index is 0.126. The molecule has 2 N–H and O–H groups in total. The second kappa shape index (κ2) is 6.74. The summed E-state index contributed by atoms with van der Waals surface area (Å²) in [7, 11) is -3.24. The Labute approximate surface area is 149 Å². The fraction of sp³-hybridized carbons (Fsp3) is 0.222. The van der Waals surface area contributed by atoms with E-state index in [1.165, 1.54) is 6.26 Å². The number of aryl methyl sites for hydroxylation is 1. The molecule has 0 aliphatic carbocycles. The highest BCUT2D eigenvalue weighted by Gasteiger charge is 2.13. The molecule has 0 amide bonds. The predicted molar refractivity (Wildman–Crippen MR) is 99.9 cm³/mol. The van der Waals surface area contributed by atoms with E-state index in [0.29, 0.717) is 11.3 Å². The van der Waals surface area contributed by atoms with Crippen molar-refractivity contribution in [3.63, 3.8) is 0 Å². The first-order chi connectivity index (χ1) is 11.7. The molecule has 7 heteroatoms. The second-order valence-electron chi connectivity index (χ2n) is 6.17. The number of fused-ring (bicyclic) bond motifs is 1. The van der Waals surface area contributed by atoms with Crippen LogP contribution in [-0.2, 0) is 33.1 Å². The van der Waals surface area contributed by atoms with Crippen LogP contribution in [0.25, 0.3) is 10.9 Å². The lowest BCUT2D eigenvalue weighted by Crippen LogP contribution is -1.96. The zero-order valence-electron chi connectivity index (χ0n) is 13.9. The molecule has 0 saturated carbocycles. The minimum atomic E-state index is -3.24. The highest BCUT2D eigenvalue weighted by Crippen LogP contribution is 2.27. The number of aromatic amines is 1. The van der Waals surface area contributed by atoms with Crippen LogP contribution in [0, 0.1) is 6.92 Å². The standard InChI is InChI=1S/C18H19NO4S2/c1-12-17(9-13-3-5-14(6-4-13)11-24(20)21)16-8-7-15(25(2,22)23)10-18(16)19-12/h3-8,10,19H,9,11H2,1-2H3,(H,20,21). The van der Waals surface area contributed by atoms with Crippen molar-refractivity contribution < 1.29 is 17.2 Å². The molecule has 5 nitrogen and oxygen atoms in total. The normalized spacial score (nSPS) is 13.2. The second-order valence-corrected chi connectivity index (χ2v) is 9.11. The van der Waals surface area contributed by atoms with E-state index >= 15 is 0 Å². The lowest BCUT2D eigenvalue weighted by molar-refractivity contribution is 0.563. The zero-order chi connectivity index (χ0) is 18.2. The van der Waals surface area contributed by atoms with Crippen LogP contribution < -0.4 is 0 Å². The van der Waals surface area contributed by atoms with Crippen LogP contribution in [0.15, 0.2) is 47.4 Å². The molecular formula is C18H19NO4S2. The molecular weight excluding hydrogens is 358 g/mol. The summed E-state index contributed by atoms with van der Waals surface area (Å²) in [6, 6.07) is 12.8. The predicted octanol–water partition coefficient (Wildman–Crippen LogP) is 3.19. The van der Waals surface area contributed by atoms with E-state index in [-0.39, 0.29) is 5.75 Å². The van der Waals surface area contributed by atoms with Crippen molar-refractivity contribution in [3.05, 3.63) is 64.8 Å². The topological polar surface area (TPSA) is 87.2 Å².